The SMILES string of the molecule is COc1c(O)c2c(c(Cc3cc[n-]c3)c1OCCc1ccccc1)OC(c1ccc(O)cc1)CC2=[OH+]. The number of methoxy groups -OCH3 is 1. The molecule has 0 aliphatic carbocycles. The van der Waals surface area contributed by atoms with Gasteiger partial charge in [0.2, 0.25) is 5.75 Å². The van der Waals surface area contributed by atoms with Crippen molar-refractivity contribution in [2.45, 2.75) is 25.4 Å². The van der Waals surface area contributed by atoms with E-state index in [1.807, 2.05) is 36.4 Å². The molecule has 1 unspecified atom stereocenters. The first kappa shape index (κ1) is 23.4. The Labute approximate surface area is 208 Å². The van der Waals surface area contributed by atoms with E-state index in [1.54, 1.807) is 36.7 Å². The van der Waals surface area contributed by atoms with Crippen LogP contribution in [-0.2, 0) is 12.8 Å². The molecule has 1 atom stereocenters. The van der Waals surface area contributed by atoms with E-state index in [0.717, 1.165) is 16.7 Å². The van der Waals surface area contributed by atoms with E-state index < -0.39 is 6.10 Å². The summed E-state index contributed by atoms with van der Waals surface area (Å²) in [5.74, 6) is 0.755. The Bertz CT molecular complexity index is 1350. The lowest BCUT2D eigenvalue weighted by Gasteiger charge is -2.28. The molecule has 0 fully saturated rings. The number of nitrogens with zero attached hydrogens (tertiary/aromatic N) is 1. The zero-order valence-corrected chi connectivity index (χ0v) is 19.8. The van der Waals surface area contributed by atoms with Crippen LogP contribution in [0.5, 0.6) is 28.7 Å². The summed E-state index contributed by atoms with van der Waals surface area (Å²) in [5.41, 5.74) is 3.68. The van der Waals surface area contributed by atoms with Crippen LogP contribution in [0.15, 0.2) is 73.1 Å². The zero-order chi connectivity index (χ0) is 25.1. The van der Waals surface area contributed by atoms with Crippen molar-refractivity contribution in [3.63, 3.8) is 0 Å². The van der Waals surface area contributed by atoms with Gasteiger partial charge in [-0.15, -0.1) is 0 Å². The van der Waals surface area contributed by atoms with Gasteiger partial charge in [0.25, 0.3) is 0 Å². The molecule has 7 nitrogen and oxygen atoms in total. The number of hydrogen-bond donors (Lipinski definition) is 2. The number of rotatable bonds is 8. The van der Waals surface area contributed by atoms with Crippen molar-refractivity contribution in [2.24, 2.45) is 0 Å². The van der Waals surface area contributed by atoms with E-state index in [9.17, 15) is 15.0 Å². The fourth-order valence-corrected chi connectivity index (χ4v) is 4.50. The fraction of sp³-hybridized carbons (Fsp3) is 0.207. The van der Waals surface area contributed by atoms with Crippen LogP contribution in [0.3, 0.4) is 0 Å². The number of phenolic OH excluding ortho intramolecular Hbond substituents is 2. The second-order valence-electron chi connectivity index (χ2n) is 8.67. The molecule has 184 valence electrons. The van der Waals surface area contributed by atoms with Crippen molar-refractivity contribution in [3.05, 3.63) is 101 Å². The summed E-state index contributed by atoms with van der Waals surface area (Å²) in [6, 6.07) is 18.5. The molecule has 4 aromatic rings. The minimum Gasteiger partial charge on any atom is -0.670 e. The highest BCUT2D eigenvalue weighted by atomic mass is 16.5. The van der Waals surface area contributed by atoms with Crippen LogP contribution < -0.4 is 19.2 Å². The standard InChI is InChI=1S/C29H26NO6/c1-34-29-26(33)25-23(32)16-24(20-7-9-21(31)10-8-20)36-27(25)22(15-19-11-13-30-17-19)28(29)35-14-12-18-5-3-2-4-6-18/h2-11,13,17,24,31H,12,14-16H2,1H3,(H,32,33)/q-1/p+1. The van der Waals surface area contributed by atoms with Crippen LogP contribution in [-0.4, -0.2) is 34.5 Å². The molecule has 0 bridgehead atoms. The molecule has 2 heterocycles. The van der Waals surface area contributed by atoms with E-state index in [0.29, 0.717) is 36.5 Å². The highest BCUT2D eigenvalue weighted by molar-refractivity contribution is 6.05. The van der Waals surface area contributed by atoms with E-state index in [4.69, 9.17) is 14.2 Å². The minimum absolute atomic E-state index is 0.0113. The van der Waals surface area contributed by atoms with Crippen molar-refractivity contribution in [3.8, 4) is 28.7 Å². The van der Waals surface area contributed by atoms with E-state index >= 15 is 0 Å². The highest BCUT2D eigenvalue weighted by Gasteiger charge is 2.40. The van der Waals surface area contributed by atoms with Crippen LogP contribution in [0, 0.1) is 0 Å². The van der Waals surface area contributed by atoms with E-state index in [1.165, 1.54) is 7.11 Å². The lowest BCUT2D eigenvalue weighted by Crippen LogP contribution is -2.23. The second-order valence-corrected chi connectivity index (χ2v) is 8.67. The molecule has 36 heavy (non-hydrogen) atoms. The number of carbonyl (C=O) groups excluding carboxylic acids is 1. The maximum Gasteiger partial charge on any atom is 0.335 e. The molecule has 3 aromatic carbocycles. The van der Waals surface area contributed by atoms with Gasteiger partial charge in [-0.2, -0.15) is 12.4 Å². The minimum atomic E-state index is -0.514. The van der Waals surface area contributed by atoms with Gasteiger partial charge in [0.1, 0.15) is 24.0 Å². The van der Waals surface area contributed by atoms with Gasteiger partial charge in [0.15, 0.2) is 17.1 Å². The Morgan fingerprint density at radius 3 is 2.47 bits per heavy atom. The maximum atomic E-state index is 11.1. The third kappa shape index (κ3) is 4.60. The third-order valence-electron chi connectivity index (χ3n) is 6.31. The molecular formula is C29H27NO6. The molecule has 1 aliphatic rings. The number of aromatic hydroxyl groups is 2. The Hall–Kier alpha value is -4.39. The van der Waals surface area contributed by atoms with Crippen LogP contribution in [0.4, 0.5) is 0 Å². The highest BCUT2D eigenvalue weighted by Crippen LogP contribution is 2.52. The third-order valence-corrected chi connectivity index (χ3v) is 6.31. The average molecular weight is 486 g/mol. The van der Waals surface area contributed by atoms with Crippen LogP contribution in [0.1, 0.15) is 40.3 Å². The normalized spacial score (nSPS) is 14.7. The van der Waals surface area contributed by atoms with Gasteiger partial charge < -0.3 is 29.4 Å². The van der Waals surface area contributed by atoms with Gasteiger partial charge in [-0.25, -0.2) is 0 Å². The van der Waals surface area contributed by atoms with Gasteiger partial charge in [-0.05, 0) is 23.3 Å². The Morgan fingerprint density at radius 1 is 1.00 bits per heavy atom. The number of ketones is 1. The molecule has 0 saturated heterocycles. The molecule has 0 amide bonds. The number of hydrogen-bond acceptors (Lipinski definition) is 5. The Balaban J connectivity index is 1.58. The Morgan fingerprint density at radius 2 is 1.78 bits per heavy atom. The van der Waals surface area contributed by atoms with Crippen molar-refractivity contribution in [2.75, 3.05) is 13.7 Å². The van der Waals surface area contributed by atoms with Crippen molar-refractivity contribution in [1.82, 2.24) is 4.98 Å². The summed E-state index contributed by atoms with van der Waals surface area (Å²) in [6.07, 6.45) is 4.16. The second kappa shape index (κ2) is 10.1. The Kier molecular flexibility index (Phi) is 6.54. The summed E-state index contributed by atoms with van der Waals surface area (Å²) in [6.45, 7) is 0.349. The first-order valence-electron chi connectivity index (χ1n) is 11.7. The molecular weight excluding hydrogens is 458 g/mol. The number of phenols is 2. The smallest absolute Gasteiger partial charge is 0.335 e. The molecule has 0 radical (unpaired) electrons. The predicted octanol–water partition coefficient (Wildman–Crippen LogP) is 4.69. The van der Waals surface area contributed by atoms with Crippen LogP contribution in [0.2, 0.25) is 0 Å². The molecule has 7 heteroatoms. The lowest BCUT2D eigenvalue weighted by molar-refractivity contribution is 0.196. The quantitative estimate of drug-likeness (QED) is 0.351. The van der Waals surface area contributed by atoms with Gasteiger partial charge >= 0.3 is 5.78 Å². The lowest BCUT2D eigenvalue weighted by atomic mass is 9.91. The van der Waals surface area contributed by atoms with Crippen LogP contribution in [0.25, 0.3) is 0 Å². The number of benzene rings is 3. The maximum absolute atomic E-state index is 11.1. The monoisotopic (exact) mass is 485 g/mol. The van der Waals surface area contributed by atoms with Gasteiger partial charge in [-0.1, -0.05) is 54.1 Å². The van der Waals surface area contributed by atoms with Gasteiger partial charge in [0.05, 0.1) is 13.7 Å². The topological polar surface area (TPSA) is 104 Å². The fourth-order valence-electron chi connectivity index (χ4n) is 4.50. The number of fused-ring (bicyclic) bond motifs is 1. The van der Waals surface area contributed by atoms with Crippen molar-refractivity contribution in [1.29, 1.82) is 0 Å². The number of ether oxygens (including phenoxy) is 3. The predicted molar refractivity (Wildman–Crippen MR) is 135 cm³/mol. The molecule has 1 aromatic heterocycles. The van der Waals surface area contributed by atoms with Crippen molar-refractivity contribution >= 4 is 5.78 Å². The molecule has 1 aliphatic heterocycles. The van der Waals surface area contributed by atoms with Gasteiger partial charge in [0, 0.05) is 18.4 Å². The molecule has 3 N–H and O–H groups in total. The molecule has 0 saturated carbocycles. The van der Waals surface area contributed by atoms with Gasteiger partial charge in [-0.3, -0.25) is 4.79 Å². The zero-order valence-electron chi connectivity index (χ0n) is 19.8. The first-order chi connectivity index (χ1) is 17.5. The van der Waals surface area contributed by atoms with Crippen LogP contribution >= 0.6 is 0 Å². The molecule has 5 rings (SSSR count). The number of aromatic nitrogens is 1. The average Bonchev–Trinajstić information content (AvgIpc) is 3.40. The first-order valence-corrected chi connectivity index (χ1v) is 11.7. The molecule has 0 spiro atoms. The van der Waals surface area contributed by atoms with Crippen molar-refractivity contribution < 1.29 is 29.2 Å². The summed E-state index contributed by atoms with van der Waals surface area (Å²) in [7, 11) is 1.46. The summed E-state index contributed by atoms with van der Waals surface area (Å²) >= 11 is 0. The summed E-state index contributed by atoms with van der Waals surface area (Å²) < 4.78 is 18.2. The van der Waals surface area contributed by atoms with E-state index in [2.05, 4.69) is 4.98 Å². The largest absolute Gasteiger partial charge is 0.670 e. The van der Waals surface area contributed by atoms with E-state index in [-0.39, 0.29) is 35.0 Å². The summed E-state index contributed by atoms with van der Waals surface area (Å²) in [5, 5.41) is 20.8. The summed E-state index contributed by atoms with van der Waals surface area (Å²) in [4.78, 5) is 15.2.